The van der Waals surface area contributed by atoms with E-state index in [1.807, 2.05) is 79.7 Å². The lowest BCUT2D eigenvalue weighted by molar-refractivity contribution is -0.123. The zero-order valence-electron chi connectivity index (χ0n) is 32.1. The van der Waals surface area contributed by atoms with Crippen LogP contribution in [0.25, 0.3) is 11.1 Å². The molecule has 284 valence electrons. The van der Waals surface area contributed by atoms with Crippen molar-refractivity contribution < 1.29 is 28.5 Å². The van der Waals surface area contributed by atoms with Gasteiger partial charge in [0.15, 0.2) is 6.61 Å². The van der Waals surface area contributed by atoms with Crippen LogP contribution >= 0.6 is 0 Å². The molecule has 56 heavy (non-hydrogen) atoms. The number of methoxy groups -OCH3 is 2. The van der Waals surface area contributed by atoms with E-state index in [1.54, 1.807) is 32.4 Å². The summed E-state index contributed by atoms with van der Waals surface area (Å²) in [7, 11) is 3.17. The molecule has 8 heteroatoms. The summed E-state index contributed by atoms with van der Waals surface area (Å²) in [5.41, 5.74) is 10.4. The molecule has 0 saturated carbocycles. The molecule has 6 aromatic carbocycles. The first kappa shape index (κ1) is 37.8. The first-order chi connectivity index (χ1) is 27.3. The molecule has 1 aliphatic carbocycles. The van der Waals surface area contributed by atoms with Gasteiger partial charge in [-0.25, -0.2) is 4.79 Å². The lowest BCUT2D eigenvalue weighted by Gasteiger charge is -2.23. The first-order valence-electron chi connectivity index (χ1n) is 18.9. The number of amides is 2. The Bertz CT molecular complexity index is 2240. The molecule has 6 aromatic rings. The molecule has 1 aliphatic rings. The van der Waals surface area contributed by atoms with E-state index in [1.165, 1.54) is 5.56 Å². The van der Waals surface area contributed by atoms with E-state index in [9.17, 15) is 9.59 Å². The van der Waals surface area contributed by atoms with Crippen molar-refractivity contribution in [2.45, 2.75) is 38.3 Å². The van der Waals surface area contributed by atoms with Gasteiger partial charge in [-0.05, 0) is 82.1 Å². The number of rotatable bonds is 14. The highest BCUT2D eigenvalue weighted by Gasteiger charge is 2.30. The second-order valence-electron chi connectivity index (χ2n) is 13.9. The van der Waals surface area contributed by atoms with Gasteiger partial charge in [0.25, 0.3) is 5.91 Å². The third-order valence-corrected chi connectivity index (χ3v) is 10.4. The van der Waals surface area contributed by atoms with Crippen LogP contribution in [0.1, 0.15) is 69.4 Å². The maximum Gasteiger partial charge on any atom is 0.407 e. The Hall–Kier alpha value is -6.54. The van der Waals surface area contributed by atoms with Gasteiger partial charge in [0.2, 0.25) is 0 Å². The number of alkyl carbamates (subject to hydrolysis) is 1. The van der Waals surface area contributed by atoms with Gasteiger partial charge in [0.1, 0.15) is 23.9 Å². The zero-order chi connectivity index (χ0) is 39.0. The summed E-state index contributed by atoms with van der Waals surface area (Å²) in [4.78, 5) is 27.0. The number of benzene rings is 6. The van der Waals surface area contributed by atoms with Crippen LogP contribution in [0.15, 0.2) is 140 Å². The van der Waals surface area contributed by atoms with Crippen LogP contribution in [-0.4, -0.2) is 39.4 Å². The van der Waals surface area contributed by atoms with Crippen LogP contribution in [0, 0.1) is 6.92 Å². The Morgan fingerprint density at radius 3 is 1.82 bits per heavy atom. The molecule has 2 atom stereocenters. The smallest absolute Gasteiger partial charge is 0.407 e. The molecule has 0 aliphatic heterocycles. The number of ether oxygens (including phenoxy) is 4. The quantitative estimate of drug-likeness (QED) is 0.115. The molecule has 2 N–H and O–H groups in total. The van der Waals surface area contributed by atoms with Crippen molar-refractivity contribution in [1.82, 2.24) is 10.6 Å². The van der Waals surface area contributed by atoms with Crippen LogP contribution < -0.4 is 24.8 Å². The standard InChI is InChI=1S/C48H46N2O6/c1-5-32-16-20-34(21-17-32)46(33-18-14-31(2)15-19-33)49-45(51)30-55-36-24-22-35(23-25-36)47(42-27-26-37(53-3)28-44(42)54-4)50-48(52)56-29-43-40-12-8-6-10-38(40)39-11-7-9-13-41(39)43/h6-28,43,46-47H,5,29-30H2,1-4H3,(H,49,51)(H,50,52)/t46-,47-/m0/s1. The lowest BCUT2D eigenvalue weighted by atomic mass is 9.96. The predicted molar refractivity (Wildman–Crippen MR) is 219 cm³/mol. The molecule has 0 unspecified atom stereocenters. The van der Waals surface area contributed by atoms with E-state index in [0.29, 0.717) is 22.8 Å². The van der Waals surface area contributed by atoms with Crippen molar-refractivity contribution in [1.29, 1.82) is 0 Å². The third kappa shape index (κ3) is 8.40. The Morgan fingerprint density at radius 1 is 0.643 bits per heavy atom. The largest absolute Gasteiger partial charge is 0.497 e. The number of carbonyl (C=O) groups is 2. The van der Waals surface area contributed by atoms with Crippen molar-refractivity contribution in [3.05, 3.63) is 184 Å². The van der Waals surface area contributed by atoms with Crippen molar-refractivity contribution in [3.63, 3.8) is 0 Å². The second-order valence-corrected chi connectivity index (χ2v) is 13.9. The fourth-order valence-corrected chi connectivity index (χ4v) is 7.33. The summed E-state index contributed by atoms with van der Waals surface area (Å²) in [6.07, 6.45) is 0.369. The molecule has 7 rings (SSSR count). The van der Waals surface area contributed by atoms with Crippen LogP contribution in [-0.2, 0) is 16.0 Å². The molecule has 0 aromatic heterocycles. The van der Waals surface area contributed by atoms with Crippen molar-refractivity contribution in [3.8, 4) is 28.4 Å². The molecule has 0 spiro atoms. The number of hydrogen-bond donors (Lipinski definition) is 2. The number of fused-ring (bicyclic) bond motifs is 3. The predicted octanol–water partition coefficient (Wildman–Crippen LogP) is 9.49. The molecule has 0 fully saturated rings. The number of hydrogen-bond acceptors (Lipinski definition) is 6. The van der Waals surface area contributed by atoms with Gasteiger partial charge in [-0.15, -0.1) is 0 Å². The van der Waals surface area contributed by atoms with Gasteiger partial charge in [-0.2, -0.15) is 0 Å². The van der Waals surface area contributed by atoms with Crippen molar-refractivity contribution in [2.24, 2.45) is 0 Å². The average Bonchev–Trinajstić information content (AvgIpc) is 3.57. The Balaban J connectivity index is 1.06. The van der Waals surface area contributed by atoms with E-state index < -0.39 is 12.1 Å². The highest BCUT2D eigenvalue weighted by Crippen LogP contribution is 2.44. The summed E-state index contributed by atoms with van der Waals surface area (Å²) in [5.74, 6) is 1.33. The van der Waals surface area contributed by atoms with Crippen LogP contribution in [0.3, 0.4) is 0 Å². The lowest BCUT2D eigenvalue weighted by Crippen LogP contribution is -2.33. The molecular formula is C48H46N2O6. The van der Waals surface area contributed by atoms with Gasteiger partial charge < -0.3 is 29.6 Å². The minimum atomic E-state index is -0.641. The SMILES string of the molecule is CCc1ccc([C@@H](NC(=O)COc2ccc([C@H](NC(=O)OCC3c4ccccc4-c4ccccc43)c3ccc(OC)cc3OC)cc2)c2ccc(C)cc2)cc1. The normalized spacial score (nSPS) is 12.8. The van der Waals surface area contributed by atoms with E-state index in [2.05, 4.69) is 66.1 Å². The van der Waals surface area contributed by atoms with Gasteiger partial charge >= 0.3 is 6.09 Å². The minimum absolute atomic E-state index is 0.0791. The van der Waals surface area contributed by atoms with Gasteiger partial charge in [0.05, 0.1) is 26.3 Å². The summed E-state index contributed by atoms with van der Waals surface area (Å²) in [5, 5.41) is 6.24. The van der Waals surface area contributed by atoms with Crippen LogP contribution in [0.4, 0.5) is 4.79 Å². The molecule has 0 heterocycles. The number of nitrogens with one attached hydrogen (secondary N) is 2. The molecule has 0 bridgehead atoms. The Labute approximate surface area is 328 Å². The highest BCUT2D eigenvalue weighted by atomic mass is 16.5. The fraction of sp³-hybridized carbons (Fsp3) is 0.208. The average molecular weight is 747 g/mol. The number of carbonyl (C=O) groups excluding carboxylic acids is 2. The van der Waals surface area contributed by atoms with E-state index in [0.717, 1.165) is 50.9 Å². The summed E-state index contributed by atoms with van der Waals surface area (Å²) >= 11 is 0. The summed E-state index contributed by atoms with van der Waals surface area (Å²) < 4.78 is 23.1. The Kier molecular flexibility index (Phi) is 11.7. The monoisotopic (exact) mass is 746 g/mol. The van der Waals surface area contributed by atoms with Gasteiger partial charge in [0, 0.05) is 17.5 Å². The fourth-order valence-electron chi connectivity index (χ4n) is 7.33. The van der Waals surface area contributed by atoms with E-state index in [-0.39, 0.29) is 31.1 Å². The van der Waals surface area contributed by atoms with Gasteiger partial charge in [-0.1, -0.05) is 122 Å². The zero-order valence-corrected chi connectivity index (χ0v) is 32.1. The van der Waals surface area contributed by atoms with Gasteiger partial charge in [-0.3, -0.25) is 4.79 Å². The van der Waals surface area contributed by atoms with E-state index >= 15 is 0 Å². The minimum Gasteiger partial charge on any atom is -0.497 e. The molecular weight excluding hydrogens is 701 g/mol. The molecule has 8 nitrogen and oxygen atoms in total. The van der Waals surface area contributed by atoms with Crippen LogP contribution in [0.2, 0.25) is 0 Å². The first-order valence-corrected chi connectivity index (χ1v) is 18.9. The van der Waals surface area contributed by atoms with Crippen molar-refractivity contribution in [2.75, 3.05) is 27.4 Å². The summed E-state index contributed by atoms with van der Waals surface area (Å²) in [6, 6.07) is 44.7. The van der Waals surface area contributed by atoms with E-state index in [4.69, 9.17) is 18.9 Å². The Morgan fingerprint density at radius 2 is 1.21 bits per heavy atom. The number of aryl methyl sites for hydroxylation is 2. The highest BCUT2D eigenvalue weighted by molar-refractivity contribution is 5.80. The topological polar surface area (TPSA) is 95.1 Å². The maximum atomic E-state index is 13.6. The molecule has 0 saturated heterocycles. The molecule has 0 radical (unpaired) electrons. The third-order valence-electron chi connectivity index (χ3n) is 10.4. The second kappa shape index (κ2) is 17.3. The van der Waals surface area contributed by atoms with Crippen LogP contribution in [0.5, 0.6) is 17.2 Å². The maximum absolute atomic E-state index is 13.6. The molecule has 2 amide bonds. The summed E-state index contributed by atoms with van der Waals surface area (Å²) in [6.45, 7) is 4.16. The van der Waals surface area contributed by atoms with Crippen molar-refractivity contribution >= 4 is 12.0 Å².